The van der Waals surface area contributed by atoms with Crippen molar-refractivity contribution in [3.63, 3.8) is 0 Å². The summed E-state index contributed by atoms with van der Waals surface area (Å²) in [5.74, 6) is 0.125. The molecule has 0 atom stereocenters. The summed E-state index contributed by atoms with van der Waals surface area (Å²) in [4.78, 5) is 15.3. The van der Waals surface area contributed by atoms with Gasteiger partial charge in [-0.3, -0.25) is 4.79 Å². The van der Waals surface area contributed by atoms with Gasteiger partial charge in [-0.15, -0.1) is 11.3 Å². The van der Waals surface area contributed by atoms with E-state index >= 15 is 0 Å². The van der Waals surface area contributed by atoms with Gasteiger partial charge in [0.2, 0.25) is 5.91 Å². The number of carbonyl (C=O) groups is 1. The van der Waals surface area contributed by atoms with Gasteiger partial charge in [0.1, 0.15) is 0 Å². The smallest absolute Gasteiger partial charge is 0.219 e. The first-order chi connectivity index (χ1) is 6.72. The van der Waals surface area contributed by atoms with E-state index in [0.717, 1.165) is 30.1 Å². The second kappa shape index (κ2) is 5.75. The minimum Gasteiger partial charge on any atom is -0.356 e. The van der Waals surface area contributed by atoms with Crippen LogP contribution >= 0.6 is 11.3 Å². The molecule has 0 unspecified atom stereocenters. The molecule has 0 aliphatic rings. The Morgan fingerprint density at radius 1 is 1.64 bits per heavy atom. The van der Waals surface area contributed by atoms with E-state index in [2.05, 4.69) is 15.7 Å². The van der Waals surface area contributed by atoms with E-state index in [1.807, 2.05) is 13.8 Å². The van der Waals surface area contributed by atoms with Crippen LogP contribution in [0, 0.1) is 6.92 Å². The summed E-state index contributed by atoms with van der Waals surface area (Å²) < 4.78 is 0. The number of aromatic nitrogens is 1. The van der Waals surface area contributed by atoms with Gasteiger partial charge >= 0.3 is 0 Å². The number of hydrogen-bond acceptors (Lipinski definition) is 3. The number of aryl methyl sites for hydroxylation is 2. The first kappa shape index (κ1) is 11.2. The number of amides is 1. The topological polar surface area (TPSA) is 42.0 Å². The number of hydrogen-bond donors (Lipinski definition) is 1. The normalized spacial score (nSPS) is 10.1. The van der Waals surface area contributed by atoms with Crippen molar-refractivity contribution >= 4 is 17.2 Å². The molecule has 3 nitrogen and oxygen atoms in total. The molecule has 1 amide bonds. The maximum Gasteiger partial charge on any atom is 0.219 e. The van der Waals surface area contributed by atoms with Gasteiger partial charge in [-0.05, 0) is 13.3 Å². The van der Waals surface area contributed by atoms with E-state index in [4.69, 9.17) is 0 Å². The first-order valence-electron chi connectivity index (χ1n) is 4.90. The largest absolute Gasteiger partial charge is 0.356 e. The van der Waals surface area contributed by atoms with Gasteiger partial charge in [0.05, 0.1) is 5.01 Å². The van der Waals surface area contributed by atoms with Crippen LogP contribution in [0.5, 0.6) is 0 Å². The molecule has 0 saturated carbocycles. The molecule has 1 rings (SSSR count). The molecule has 0 bridgehead atoms. The van der Waals surface area contributed by atoms with Crippen LogP contribution in [-0.4, -0.2) is 17.4 Å². The molecule has 14 heavy (non-hydrogen) atoms. The monoisotopic (exact) mass is 212 g/mol. The van der Waals surface area contributed by atoms with Crippen LogP contribution in [0.3, 0.4) is 0 Å². The SMILES string of the molecule is CCC(=O)NCCCc1nc(C)cs1. The quantitative estimate of drug-likeness (QED) is 0.758. The third-order valence-electron chi connectivity index (χ3n) is 1.88. The van der Waals surface area contributed by atoms with E-state index in [-0.39, 0.29) is 5.91 Å². The Hall–Kier alpha value is -0.900. The maximum atomic E-state index is 10.9. The minimum atomic E-state index is 0.125. The fourth-order valence-corrected chi connectivity index (χ4v) is 1.93. The molecular formula is C10H16N2OS. The van der Waals surface area contributed by atoms with E-state index in [1.54, 1.807) is 11.3 Å². The molecule has 0 fully saturated rings. The number of carbonyl (C=O) groups excluding carboxylic acids is 1. The van der Waals surface area contributed by atoms with Crippen molar-refractivity contribution in [3.8, 4) is 0 Å². The van der Waals surface area contributed by atoms with Crippen LogP contribution in [0.25, 0.3) is 0 Å². The van der Waals surface area contributed by atoms with Crippen LogP contribution in [-0.2, 0) is 11.2 Å². The van der Waals surface area contributed by atoms with Crippen molar-refractivity contribution in [3.05, 3.63) is 16.1 Å². The lowest BCUT2D eigenvalue weighted by molar-refractivity contribution is -0.120. The molecular weight excluding hydrogens is 196 g/mol. The molecule has 1 N–H and O–H groups in total. The summed E-state index contributed by atoms with van der Waals surface area (Å²) in [6.07, 6.45) is 2.50. The Labute approximate surface area is 88.6 Å². The van der Waals surface area contributed by atoms with Crippen LogP contribution < -0.4 is 5.32 Å². The van der Waals surface area contributed by atoms with Gasteiger partial charge in [0, 0.05) is 30.5 Å². The zero-order chi connectivity index (χ0) is 10.4. The molecule has 78 valence electrons. The minimum absolute atomic E-state index is 0.125. The average molecular weight is 212 g/mol. The fraction of sp³-hybridized carbons (Fsp3) is 0.600. The van der Waals surface area contributed by atoms with Crippen LogP contribution in [0.1, 0.15) is 30.5 Å². The second-order valence-corrected chi connectivity index (χ2v) is 4.13. The predicted molar refractivity (Wildman–Crippen MR) is 58.5 cm³/mol. The third-order valence-corrected chi connectivity index (χ3v) is 2.90. The van der Waals surface area contributed by atoms with Crippen LogP contribution in [0.2, 0.25) is 0 Å². The molecule has 1 aromatic heterocycles. The molecule has 0 saturated heterocycles. The van der Waals surface area contributed by atoms with Gasteiger partial charge < -0.3 is 5.32 Å². The number of nitrogens with one attached hydrogen (secondary N) is 1. The van der Waals surface area contributed by atoms with Crippen LogP contribution in [0.15, 0.2) is 5.38 Å². The zero-order valence-electron chi connectivity index (χ0n) is 8.67. The van der Waals surface area contributed by atoms with Crippen molar-refractivity contribution in [2.45, 2.75) is 33.1 Å². The standard InChI is InChI=1S/C10H16N2OS/c1-3-9(13)11-6-4-5-10-12-8(2)7-14-10/h7H,3-6H2,1-2H3,(H,11,13). The second-order valence-electron chi connectivity index (χ2n) is 3.19. The molecule has 4 heteroatoms. The average Bonchev–Trinajstić information content (AvgIpc) is 2.58. The van der Waals surface area contributed by atoms with Crippen molar-refractivity contribution in [1.82, 2.24) is 10.3 Å². The summed E-state index contributed by atoms with van der Waals surface area (Å²) in [5.41, 5.74) is 1.09. The summed E-state index contributed by atoms with van der Waals surface area (Å²) in [6.45, 7) is 4.61. The van der Waals surface area contributed by atoms with Crippen molar-refractivity contribution in [1.29, 1.82) is 0 Å². The van der Waals surface area contributed by atoms with E-state index in [1.165, 1.54) is 0 Å². The number of thiazole rings is 1. The van der Waals surface area contributed by atoms with Gasteiger partial charge in [-0.25, -0.2) is 4.98 Å². The molecule has 0 aromatic carbocycles. The lowest BCUT2D eigenvalue weighted by Crippen LogP contribution is -2.23. The summed E-state index contributed by atoms with van der Waals surface area (Å²) in [6, 6.07) is 0. The lowest BCUT2D eigenvalue weighted by atomic mass is 10.3. The molecule has 1 heterocycles. The summed E-state index contributed by atoms with van der Waals surface area (Å²) in [7, 11) is 0. The predicted octanol–water partition coefficient (Wildman–Crippen LogP) is 1.91. The fourth-order valence-electron chi connectivity index (χ4n) is 1.11. The highest BCUT2D eigenvalue weighted by Gasteiger charge is 1.99. The van der Waals surface area contributed by atoms with Crippen molar-refractivity contribution in [2.75, 3.05) is 6.54 Å². The molecule has 1 aromatic rings. The van der Waals surface area contributed by atoms with Crippen LogP contribution in [0.4, 0.5) is 0 Å². The highest BCUT2D eigenvalue weighted by atomic mass is 32.1. The van der Waals surface area contributed by atoms with Gasteiger partial charge in [0.15, 0.2) is 0 Å². The molecule has 0 radical (unpaired) electrons. The Morgan fingerprint density at radius 3 is 3.00 bits per heavy atom. The Morgan fingerprint density at radius 2 is 2.43 bits per heavy atom. The molecule has 0 aliphatic heterocycles. The van der Waals surface area contributed by atoms with Gasteiger partial charge in [0.25, 0.3) is 0 Å². The third kappa shape index (κ3) is 3.87. The van der Waals surface area contributed by atoms with E-state index < -0.39 is 0 Å². The summed E-state index contributed by atoms with van der Waals surface area (Å²) in [5, 5.41) is 6.06. The zero-order valence-corrected chi connectivity index (χ0v) is 9.49. The Balaban J connectivity index is 2.13. The Kier molecular flexibility index (Phi) is 4.59. The van der Waals surface area contributed by atoms with E-state index in [9.17, 15) is 4.79 Å². The first-order valence-corrected chi connectivity index (χ1v) is 5.78. The van der Waals surface area contributed by atoms with Gasteiger partial charge in [-0.2, -0.15) is 0 Å². The Bertz CT molecular complexity index is 296. The molecule has 0 aliphatic carbocycles. The van der Waals surface area contributed by atoms with Crippen molar-refractivity contribution in [2.24, 2.45) is 0 Å². The lowest BCUT2D eigenvalue weighted by Gasteiger charge is -2.01. The summed E-state index contributed by atoms with van der Waals surface area (Å²) >= 11 is 1.69. The van der Waals surface area contributed by atoms with Crippen molar-refractivity contribution < 1.29 is 4.79 Å². The maximum absolute atomic E-state index is 10.9. The molecule has 0 spiro atoms. The van der Waals surface area contributed by atoms with Gasteiger partial charge in [-0.1, -0.05) is 6.92 Å². The highest BCUT2D eigenvalue weighted by Crippen LogP contribution is 2.10. The number of nitrogens with zero attached hydrogens (tertiary/aromatic N) is 1. The van der Waals surface area contributed by atoms with E-state index in [0.29, 0.717) is 6.42 Å². The number of rotatable bonds is 5. The highest BCUT2D eigenvalue weighted by molar-refractivity contribution is 7.09.